The first-order valence-electron chi connectivity index (χ1n) is 6.41. The summed E-state index contributed by atoms with van der Waals surface area (Å²) in [5.74, 6) is -0.0870. The van der Waals surface area contributed by atoms with Crippen molar-refractivity contribution < 1.29 is 9.13 Å². The van der Waals surface area contributed by atoms with Crippen LogP contribution in [0.3, 0.4) is 0 Å². The van der Waals surface area contributed by atoms with E-state index in [1.165, 1.54) is 18.7 Å². The van der Waals surface area contributed by atoms with Crippen LogP contribution in [-0.4, -0.2) is 13.2 Å². The Hall–Kier alpha value is -1.39. The van der Waals surface area contributed by atoms with Gasteiger partial charge in [0.15, 0.2) is 11.6 Å². The maximum absolute atomic E-state index is 13.6. The molecule has 0 saturated carbocycles. The van der Waals surface area contributed by atoms with Gasteiger partial charge in [-0.3, -0.25) is 0 Å². The molecule has 0 aliphatic heterocycles. The number of hydrogen-bond acceptors (Lipinski definition) is 2. The Labute approximate surface area is 126 Å². The highest BCUT2D eigenvalue weighted by atomic mass is 79.9. The van der Waals surface area contributed by atoms with E-state index in [1.807, 2.05) is 30.3 Å². The van der Waals surface area contributed by atoms with Crippen LogP contribution in [0.25, 0.3) is 0 Å². The number of halogens is 2. The van der Waals surface area contributed by atoms with Crippen molar-refractivity contribution in [2.24, 2.45) is 5.73 Å². The van der Waals surface area contributed by atoms with E-state index in [9.17, 15) is 4.39 Å². The zero-order chi connectivity index (χ0) is 14.5. The van der Waals surface area contributed by atoms with Gasteiger partial charge in [0, 0.05) is 10.5 Å². The number of rotatable bonds is 5. The van der Waals surface area contributed by atoms with E-state index in [1.54, 1.807) is 6.07 Å². The molecule has 0 saturated heterocycles. The summed E-state index contributed by atoms with van der Waals surface area (Å²) in [6.07, 6.45) is 1.40. The first kappa shape index (κ1) is 15.0. The van der Waals surface area contributed by atoms with Crippen molar-refractivity contribution in [3.8, 4) is 5.75 Å². The average molecular weight is 338 g/mol. The maximum Gasteiger partial charge on any atom is 0.165 e. The molecular weight excluding hydrogens is 321 g/mol. The molecule has 0 amide bonds. The van der Waals surface area contributed by atoms with Crippen LogP contribution in [0, 0.1) is 5.82 Å². The Balaban J connectivity index is 1.99. The smallest absolute Gasteiger partial charge is 0.165 e. The number of methoxy groups -OCH3 is 1. The van der Waals surface area contributed by atoms with Gasteiger partial charge in [-0.05, 0) is 48.2 Å². The number of benzene rings is 2. The quantitative estimate of drug-likeness (QED) is 0.902. The number of nitrogens with two attached hydrogens (primary N) is 1. The molecule has 0 radical (unpaired) electrons. The van der Waals surface area contributed by atoms with Crippen LogP contribution in [0.2, 0.25) is 0 Å². The van der Waals surface area contributed by atoms with Gasteiger partial charge in [-0.25, -0.2) is 4.39 Å². The fraction of sp³-hybridized carbons (Fsp3) is 0.250. The van der Waals surface area contributed by atoms with Crippen molar-refractivity contribution in [1.82, 2.24) is 0 Å². The topological polar surface area (TPSA) is 35.2 Å². The zero-order valence-corrected chi connectivity index (χ0v) is 12.9. The molecule has 4 heteroatoms. The molecule has 1 atom stereocenters. The van der Waals surface area contributed by atoms with Crippen molar-refractivity contribution in [2.75, 3.05) is 7.11 Å². The molecule has 1 unspecified atom stereocenters. The van der Waals surface area contributed by atoms with Crippen LogP contribution in [0.5, 0.6) is 5.75 Å². The molecule has 2 rings (SSSR count). The fourth-order valence-electron chi connectivity index (χ4n) is 2.14. The summed E-state index contributed by atoms with van der Waals surface area (Å²) in [7, 11) is 1.46. The Morgan fingerprint density at radius 3 is 2.30 bits per heavy atom. The van der Waals surface area contributed by atoms with Gasteiger partial charge in [0.25, 0.3) is 0 Å². The second kappa shape index (κ2) is 6.86. The molecule has 0 aromatic heterocycles. The van der Waals surface area contributed by atoms with E-state index in [0.29, 0.717) is 6.42 Å². The van der Waals surface area contributed by atoms with Crippen LogP contribution in [0.1, 0.15) is 11.1 Å². The summed E-state index contributed by atoms with van der Waals surface area (Å²) in [5.41, 5.74) is 8.19. The van der Waals surface area contributed by atoms with Crippen LogP contribution in [0.15, 0.2) is 46.9 Å². The highest BCUT2D eigenvalue weighted by molar-refractivity contribution is 9.10. The van der Waals surface area contributed by atoms with Crippen LogP contribution in [-0.2, 0) is 12.8 Å². The van der Waals surface area contributed by atoms with Gasteiger partial charge in [0.1, 0.15) is 0 Å². The molecule has 106 valence electrons. The van der Waals surface area contributed by atoms with Gasteiger partial charge in [0.05, 0.1) is 7.11 Å². The highest BCUT2D eigenvalue weighted by Gasteiger charge is 2.08. The number of hydrogen-bond donors (Lipinski definition) is 1. The fourth-order valence-corrected chi connectivity index (χ4v) is 2.40. The average Bonchev–Trinajstić information content (AvgIpc) is 2.41. The lowest BCUT2D eigenvalue weighted by Gasteiger charge is -2.12. The van der Waals surface area contributed by atoms with Gasteiger partial charge in [-0.2, -0.15) is 0 Å². The summed E-state index contributed by atoms with van der Waals surface area (Å²) in [6, 6.07) is 13.0. The second-order valence-electron chi connectivity index (χ2n) is 4.76. The summed E-state index contributed by atoms with van der Waals surface area (Å²) < 4.78 is 19.6. The minimum atomic E-state index is -0.346. The van der Waals surface area contributed by atoms with Gasteiger partial charge in [0.2, 0.25) is 0 Å². The van der Waals surface area contributed by atoms with Crippen LogP contribution in [0.4, 0.5) is 4.39 Å². The lowest BCUT2D eigenvalue weighted by Crippen LogP contribution is -2.25. The first-order valence-corrected chi connectivity index (χ1v) is 7.20. The normalized spacial score (nSPS) is 12.2. The summed E-state index contributed by atoms with van der Waals surface area (Å²) in [6.45, 7) is 0. The SMILES string of the molecule is COc1ccc(CC(N)Cc2ccc(Br)cc2)cc1F. The molecule has 2 nitrogen and oxygen atoms in total. The van der Waals surface area contributed by atoms with E-state index in [4.69, 9.17) is 10.5 Å². The lowest BCUT2D eigenvalue weighted by atomic mass is 9.99. The van der Waals surface area contributed by atoms with Crippen LogP contribution >= 0.6 is 15.9 Å². The monoisotopic (exact) mass is 337 g/mol. The van der Waals surface area contributed by atoms with Crippen molar-refractivity contribution >= 4 is 15.9 Å². The summed E-state index contributed by atoms with van der Waals surface area (Å²) in [5, 5.41) is 0. The van der Waals surface area contributed by atoms with E-state index in [2.05, 4.69) is 15.9 Å². The summed E-state index contributed by atoms with van der Waals surface area (Å²) in [4.78, 5) is 0. The van der Waals surface area contributed by atoms with E-state index in [-0.39, 0.29) is 17.6 Å². The third-order valence-electron chi connectivity index (χ3n) is 3.13. The van der Waals surface area contributed by atoms with E-state index >= 15 is 0 Å². The molecule has 0 bridgehead atoms. The number of ether oxygens (including phenoxy) is 1. The van der Waals surface area contributed by atoms with E-state index in [0.717, 1.165) is 16.5 Å². The molecule has 0 fully saturated rings. The lowest BCUT2D eigenvalue weighted by molar-refractivity contribution is 0.386. The molecule has 0 aliphatic carbocycles. The molecule has 0 spiro atoms. The van der Waals surface area contributed by atoms with Crippen LogP contribution < -0.4 is 10.5 Å². The second-order valence-corrected chi connectivity index (χ2v) is 5.68. The predicted molar refractivity (Wildman–Crippen MR) is 82.5 cm³/mol. The van der Waals surface area contributed by atoms with Gasteiger partial charge in [-0.1, -0.05) is 34.1 Å². The van der Waals surface area contributed by atoms with Crippen molar-refractivity contribution in [3.05, 3.63) is 63.9 Å². The largest absolute Gasteiger partial charge is 0.494 e. The highest BCUT2D eigenvalue weighted by Crippen LogP contribution is 2.19. The molecule has 0 heterocycles. The standard InChI is InChI=1S/C16H17BrFNO/c1-20-16-7-4-12(10-15(16)18)9-14(19)8-11-2-5-13(17)6-3-11/h2-7,10,14H,8-9,19H2,1H3. The van der Waals surface area contributed by atoms with Crippen molar-refractivity contribution in [1.29, 1.82) is 0 Å². The predicted octanol–water partition coefficient (Wildman–Crippen LogP) is 3.71. The Kier molecular flexibility index (Phi) is 5.15. The third-order valence-corrected chi connectivity index (χ3v) is 3.65. The van der Waals surface area contributed by atoms with Gasteiger partial charge < -0.3 is 10.5 Å². The molecule has 2 aromatic rings. The maximum atomic E-state index is 13.6. The van der Waals surface area contributed by atoms with E-state index < -0.39 is 0 Å². The Morgan fingerprint density at radius 1 is 1.10 bits per heavy atom. The molecular formula is C16H17BrFNO. The van der Waals surface area contributed by atoms with Gasteiger partial charge >= 0.3 is 0 Å². The Bertz CT molecular complexity index is 571. The zero-order valence-electron chi connectivity index (χ0n) is 11.3. The van der Waals surface area contributed by atoms with Gasteiger partial charge in [-0.15, -0.1) is 0 Å². The first-order chi connectivity index (χ1) is 9.58. The Morgan fingerprint density at radius 2 is 1.70 bits per heavy atom. The summed E-state index contributed by atoms with van der Waals surface area (Å²) >= 11 is 3.40. The minimum absolute atomic E-state index is 0.0380. The van der Waals surface area contributed by atoms with Crippen molar-refractivity contribution in [3.63, 3.8) is 0 Å². The molecule has 2 N–H and O–H groups in total. The molecule has 0 aliphatic rings. The van der Waals surface area contributed by atoms with Crippen molar-refractivity contribution in [2.45, 2.75) is 18.9 Å². The minimum Gasteiger partial charge on any atom is -0.494 e. The molecule has 20 heavy (non-hydrogen) atoms. The third kappa shape index (κ3) is 4.05. The molecule has 2 aromatic carbocycles.